The fraction of sp³-hybridized carbons (Fsp3) is 0.923. The topological polar surface area (TPSA) is 74.6 Å². The van der Waals surface area contributed by atoms with E-state index in [1.807, 2.05) is 0 Å². The van der Waals surface area contributed by atoms with Crippen LogP contribution >= 0.6 is 0 Å². The Bertz CT molecular complexity index is 370. The Balaban J connectivity index is 3.69. The molecule has 0 saturated heterocycles. The first-order valence-electron chi connectivity index (χ1n) is 13.0. The Morgan fingerprint density at radius 1 is 0.467 bits per heavy atom. The second-order valence-electron chi connectivity index (χ2n) is 8.98. The third-order valence-electron chi connectivity index (χ3n) is 6.01. The first-order chi connectivity index (χ1) is 14.5. The summed E-state index contributed by atoms with van der Waals surface area (Å²) in [5, 5.41) is 20.0. The standard InChI is InChI=1S/C26H50O4/c1-3-5-7-9-11-13-15-17-19-21-23(27)25(29)26(30)24(28)22-20-18-16-14-12-10-8-6-4-2/h25-26,29-30H,3-22H2,1-2H3. The number of carbonyl (C=O) groups excluding carboxylic acids is 2. The first kappa shape index (κ1) is 29.3. The summed E-state index contributed by atoms with van der Waals surface area (Å²) in [7, 11) is 0. The van der Waals surface area contributed by atoms with E-state index in [1.165, 1.54) is 77.0 Å². The number of hydrogen-bond donors (Lipinski definition) is 2. The molecule has 178 valence electrons. The Labute approximate surface area is 186 Å². The van der Waals surface area contributed by atoms with Crippen LogP contribution in [0.4, 0.5) is 0 Å². The molecule has 0 amide bonds. The van der Waals surface area contributed by atoms with Crippen LogP contribution in [0.2, 0.25) is 0 Å². The van der Waals surface area contributed by atoms with E-state index in [1.54, 1.807) is 0 Å². The van der Waals surface area contributed by atoms with Crippen LogP contribution in [0.1, 0.15) is 142 Å². The van der Waals surface area contributed by atoms with Crippen molar-refractivity contribution >= 4 is 11.6 Å². The molecule has 2 N–H and O–H groups in total. The van der Waals surface area contributed by atoms with E-state index in [9.17, 15) is 19.8 Å². The average molecular weight is 427 g/mol. The number of ketones is 2. The number of rotatable bonds is 23. The van der Waals surface area contributed by atoms with Crippen molar-refractivity contribution in [2.75, 3.05) is 0 Å². The van der Waals surface area contributed by atoms with Gasteiger partial charge in [0, 0.05) is 12.8 Å². The highest BCUT2D eigenvalue weighted by Gasteiger charge is 2.28. The van der Waals surface area contributed by atoms with E-state index in [2.05, 4.69) is 13.8 Å². The largest absolute Gasteiger partial charge is 0.382 e. The molecule has 4 heteroatoms. The summed E-state index contributed by atoms with van der Waals surface area (Å²) in [6.45, 7) is 4.43. The quantitative estimate of drug-likeness (QED) is 0.178. The van der Waals surface area contributed by atoms with Gasteiger partial charge in [0.05, 0.1) is 0 Å². The van der Waals surface area contributed by atoms with Crippen molar-refractivity contribution in [3.8, 4) is 0 Å². The summed E-state index contributed by atoms with van der Waals surface area (Å²) in [5.74, 6) is -0.795. The molecule has 0 spiro atoms. The molecule has 4 nitrogen and oxygen atoms in total. The van der Waals surface area contributed by atoms with Crippen LogP contribution in [0.15, 0.2) is 0 Å². The molecule has 0 aliphatic rings. The van der Waals surface area contributed by atoms with Crippen molar-refractivity contribution in [1.29, 1.82) is 0 Å². The molecule has 0 aromatic heterocycles. The molecule has 0 fully saturated rings. The first-order valence-corrected chi connectivity index (χ1v) is 13.0. The second-order valence-corrected chi connectivity index (χ2v) is 8.98. The summed E-state index contributed by atoms with van der Waals surface area (Å²) in [6, 6.07) is 0. The van der Waals surface area contributed by atoms with Crippen LogP contribution in [0.3, 0.4) is 0 Å². The Morgan fingerprint density at radius 3 is 0.967 bits per heavy atom. The molecular formula is C26H50O4. The minimum absolute atomic E-state index is 0.249. The lowest BCUT2D eigenvalue weighted by Gasteiger charge is -2.15. The van der Waals surface area contributed by atoms with E-state index in [0.29, 0.717) is 0 Å². The summed E-state index contributed by atoms with van der Waals surface area (Å²) in [5.41, 5.74) is 0. The number of hydrogen-bond acceptors (Lipinski definition) is 4. The highest BCUT2D eigenvalue weighted by atomic mass is 16.3. The van der Waals surface area contributed by atoms with E-state index < -0.39 is 23.8 Å². The maximum atomic E-state index is 12.1. The zero-order valence-corrected chi connectivity index (χ0v) is 20.0. The molecule has 2 unspecified atom stereocenters. The molecule has 0 rings (SSSR count). The van der Waals surface area contributed by atoms with Gasteiger partial charge >= 0.3 is 0 Å². The van der Waals surface area contributed by atoms with E-state index >= 15 is 0 Å². The lowest BCUT2D eigenvalue weighted by molar-refractivity contribution is -0.143. The maximum Gasteiger partial charge on any atom is 0.164 e. The Hall–Kier alpha value is -0.740. The predicted molar refractivity (Wildman–Crippen MR) is 126 cm³/mol. The van der Waals surface area contributed by atoms with Crippen molar-refractivity contribution in [2.24, 2.45) is 0 Å². The molecule has 0 saturated carbocycles. The summed E-state index contributed by atoms with van der Waals surface area (Å²) >= 11 is 0. The molecule has 0 aliphatic carbocycles. The Kier molecular flexibility index (Phi) is 21.0. The average Bonchev–Trinajstić information content (AvgIpc) is 2.75. The number of aliphatic hydroxyl groups is 2. The summed E-state index contributed by atoms with van der Waals surface area (Å²) in [6.07, 6.45) is 18.2. The van der Waals surface area contributed by atoms with Crippen molar-refractivity contribution in [1.82, 2.24) is 0 Å². The molecule has 0 aromatic rings. The smallest absolute Gasteiger partial charge is 0.164 e. The molecular weight excluding hydrogens is 376 g/mol. The van der Waals surface area contributed by atoms with Gasteiger partial charge in [0.15, 0.2) is 11.6 Å². The van der Waals surface area contributed by atoms with Gasteiger partial charge < -0.3 is 10.2 Å². The number of carbonyl (C=O) groups is 2. The van der Waals surface area contributed by atoms with Gasteiger partial charge in [0.2, 0.25) is 0 Å². The van der Waals surface area contributed by atoms with Gasteiger partial charge in [-0.25, -0.2) is 0 Å². The minimum atomic E-state index is -1.55. The fourth-order valence-corrected chi connectivity index (χ4v) is 3.87. The van der Waals surface area contributed by atoms with Gasteiger partial charge in [-0.05, 0) is 12.8 Å². The number of unbranched alkanes of at least 4 members (excludes halogenated alkanes) is 16. The minimum Gasteiger partial charge on any atom is -0.382 e. The fourth-order valence-electron chi connectivity index (χ4n) is 3.87. The lowest BCUT2D eigenvalue weighted by atomic mass is 9.97. The molecule has 0 bridgehead atoms. The molecule has 0 aliphatic heterocycles. The van der Waals surface area contributed by atoms with Crippen molar-refractivity contribution in [3.05, 3.63) is 0 Å². The third kappa shape index (κ3) is 17.0. The SMILES string of the molecule is CCCCCCCCCCCC(=O)C(O)C(O)C(=O)CCCCCCCCCCC. The summed E-state index contributed by atoms with van der Waals surface area (Å²) < 4.78 is 0. The predicted octanol–water partition coefficient (Wildman–Crippen LogP) is 6.69. The normalized spacial score (nSPS) is 13.3. The zero-order valence-electron chi connectivity index (χ0n) is 20.0. The van der Waals surface area contributed by atoms with E-state index in [0.717, 1.165) is 38.5 Å². The van der Waals surface area contributed by atoms with Gasteiger partial charge in [-0.3, -0.25) is 9.59 Å². The van der Waals surface area contributed by atoms with Crippen LogP contribution < -0.4 is 0 Å². The Morgan fingerprint density at radius 2 is 0.700 bits per heavy atom. The maximum absolute atomic E-state index is 12.1. The second kappa shape index (κ2) is 21.5. The van der Waals surface area contributed by atoms with Crippen molar-refractivity contribution < 1.29 is 19.8 Å². The van der Waals surface area contributed by atoms with Gasteiger partial charge in [0.25, 0.3) is 0 Å². The third-order valence-corrected chi connectivity index (χ3v) is 6.01. The van der Waals surface area contributed by atoms with Crippen molar-refractivity contribution in [2.45, 2.75) is 154 Å². The highest BCUT2D eigenvalue weighted by molar-refractivity contribution is 5.92. The number of aliphatic hydroxyl groups excluding tert-OH is 2. The van der Waals surface area contributed by atoms with Gasteiger partial charge in [-0.15, -0.1) is 0 Å². The molecule has 0 radical (unpaired) electrons. The highest BCUT2D eigenvalue weighted by Crippen LogP contribution is 2.14. The van der Waals surface area contributed by atoms with Gasteiger partial charge in [-0.2, -0.15) is 0 Å². The van der Waals surface area contributed by atoms with Crippen molar-refractivity contribution in [3.63, 3.8) is 0 Å². The molecule has 0 aromatic carbocycles. The summed E-state index contributed by atoms with van der Waals surface area (Å²) in [4.78, 5) is 24.1. The van der Waals surface area contributed by atoms with E-state index in [4.69, 9.17) is 0 Å². The zero-order chi connectivity index (χ0) is 22.5. The van der Waals surface area contributed by atoms with Crippen LogP contribution in [0.5, 0.6) is 0 Å². The lowest BCUT2D eigenvalue weighted by Crippen LogP contribution is -2.39. The molecule has 0 heterocycles. The van der Waals surface area contributed by atoms with Crippen LogP contribution in [-0.4, -0.2) is 34.0 Å². The van der Waals surface area contributed by atoms with E-state index in [-0.39, 0.29) is 12.8 Å². The van der Waals surface area contributed by atoms with Crippen LogP contribution in [0.25, 0.3) is 0 Å². The van der Waals surface area contributed by atoms with Gasteiger partial charge in [0.1, 0.15) is 12.2 Å². The monoisotopic (exact) mass is 426 g/mol. The number of Topliss-reactive ketones (excluding diaryl/α,β-unsaturated/α-hetero) is 2. The molecule has 30 heavy (non-hydrogen) atoms. The van der Waals surface area contributed by atoms with Gasteiger partial charge in [-0.1, -0.05) is 117 Å². The van der Waals surface area contributed by atoms with Crippen LogP contribution in [0, 0.1) is 0 Å². The molecule has 2 atom stereocenters. The van der Waals surface area contributed by atoms with Crippen LogP contribution in [-0.2, 0) is 9.59 Å².